The maximum absolute atomic E-state index is 12.6. The van der Waals surface area contributed by atoms with Gasteiger partial charge in [0.05, 0.1) is 6.04 Å². The summed E-state index contributed by atoms with van der Waals surface area (Å²) in [7, 11) is 0. The fourth-order valence-electron chi connectivity index (χ4n) is 2.99. The van der Waals surface area contributed by atoms with Crippen molar-refractivity contribution in [1.29, 1.82) is 0 Å². The molecule has 6 heteroatoms. The van der Waals surface area contributed by atoms with E-state index >= 15 is 0 Å². The number of nitrogen functional groups attached to an aromatic ring is 1. The summed E-state index contributed by atoms with van der Waals surface area (Å²) in [5.41, 5.74) is 7.83. The molecule has 1 aliphatic rings. The van der Waals surface area contributed by atoms with Gasteiger partial charge < -0.3 is 15.8 Å². The maximum atomic E-state index is 12.6. The number of amides is 1. The minimum atomic E-state index is -0.343. The second-order valence-electron chi connectivity index (χ2n) is 6.62. The molecule has 0 aromatic heterocycles. The molecule has 0 fully saturated rings. The summed E-state index contributed by atoms with van der Waals surface area (Å²) in [5.74, 6) is 0.696. The molecule has 0 saturated carbocycles. The number of carbonyl (C=O) groups excluding carboxylic acids is 1. The summed E-state index contributed by atoms with van der Waals surface area (Å²) in [6, 6.07) is 13.1. The molecular formula is C19H23ClN2O2S. The molecule has 1 heterocycles. The third-order valence-corrected chi connectivity index (χ3v) is 4.89. The van der Waals surface area contributed by atoms with Gasteiger partial charge in [-0.1, -0.05) is 0 Å². The van der Waals surface area contributed by atoms with Gasteiger partial charge in [0.1, 0.15) is 11.4 Å². The fourth-order valence-corrected chi connectivity index (χ4v) is 3.39. The van der Waals surface area contributed by atoms with Crippen molar-refractivity contribution in [2.24, 2.45) is 0 Å². The first kappa shape index (κ1) is 19.5. The topological polar surface area (TPSA) is 64.3 Å². The second-order valence-corrected chi connectivity index (χ2v) is 7.50. The Balaban J connectivity index is 0.00000225. The van der Waals surface area contributed by atoms with Crippen molar-refractivity contribution >= 4 is 35.8 Å². The number of nitrogens with one attached hydrogen (secondary N) is 1. The molecule has 2 aromatic carbocycles. The zero-order chi connectivity index (χ0) is 17.3. The van der Waals surface area contributed by atoms with Gasteiger partial charge in [0, 0.05) is 28.1 Å². The Morgan fingerprint density at radius 3 is 2.56 bits per heavy atom. The van der Waals surface area contributed by atoms with Crippen molar-refractivity contribution in [3.63, 3.8) is 0 Å². The Morgan fingerprint density at radius 2 is 1.92 bits per heavy atom. The summed E-state index contributed by atoms with van der Waals surface area (Å²) in [6.07, 6.45) is 2.71. The van der Waals surface area contributed by atoms with Crippen LogP contribution in [-0.2, 0) is 0 Å². The van der Waals surface area contributed by atoms with E-state index in [0.717, 1.165) is 16.2 Å². The van der Waals surface area contributed by atoms with Gasteiger partial charge in [0.25, 0.3) is 5.91 Å². The SMILES string of the molecule is CSc1ccc(C(=O)NC2CC(C)(C)Oc3ccc(N)cc32)cc1.Cl. The van der Waals surface area contributed by atoms with Gasteiger partial charge in [0.2, 0.25) is 0 Å². The lowest BCUT2D eigenvalue weighted by molar-refractivity contribution is 0.0620. The first-order valence-electron chi connectivity index (χ1n) is 7.91. The van der Waals surface area contributed by atoms with Crippen LogP contribution in [0, 0.1) is 0 Å². The highest BCUT2D eigenvalue weighted by molar-refractivity contribution is 7.98. The number of benzene rings is 2. The molecule has 0 aliphatic carbocycles. The van der Waals surface area contributed by atoms with Gasteiger partial charge >= 0.3 is 0 Å². The average molecular weight is 379 g/mol. The molecule has 0 saturated heterocycles. The lowest BCUT2D eigenvalue weighted by atomic mass is 9.89. The van der Waals surface area contributed by atoms with Crippen LogP contribution in [0.2, 0.25) is 0 Å². The van der Waals surface area contributed by atoms with E-state index in [0.29, 0.717) is 17.7 Å². The average Bonchev–Trinajstić information content (AvgIpc) is 2.55. The highest BCUT2D eigenvalue weighted by Crippen LogP contribution is 2.40. The molecule has 1 unspecified atom stereocenters. The Labute approximate surface area is 158 Å². The molecule has 4 nitrogen and oxygen atoms in total. The number of nitrogens with two attached hydrogens (primary N) is 1. The molecular weight excluding hydrogens is 356 g/mol. The molecule has 0 spiro atoms. The normalized spacial score (nSPS) is 17.6. The number of anilines is 1. The minimum absolute atomic E-state index is 0. The summed E-state index contributed by atoms with van der Waals surface area (Å²) in [4.78, 5) is 13.8. The Bertz CT molecular complexity index is 763. The Kier molecular flexibility index (Phi) is 5.91. The highest BCUT2D eigenvalue weighted by Gasteiger charge is 2.34. The summed E-state index contributed by atoms with van der Waals surface area (Å²) in [5, 5.41) is 3.13. The molecule has 1 amide bonds. The van der Waals surface area contributed by atoms with Gasteiger partial charge in [-0.15, -0.1) is 24.2 Å². The van der Waals surface area contributed by atoms with Crippen LogP contribution in [0.1, 0.15) is 42.2 Å². The lowest BCUT2D eigenvalue weighted by Crippen LogP contribution is -2.41. The third-order valence-electron chi connectivity index (χ3n) is 4.15. The quantitative estimate of drug-likeness (QED) is 0.612. The van der Waals surface area contributed by atoms with Gasteiger partial charge in [-0.05, 0) is 62.6 Å². The third kappa shape index (κ3) is 4.41. The predicted octanol–water partition coefficient (Wildman–Crippen LogP) is 4.44. The summed E-state index contributed by atoms with van der Waals surface area (Å²) in [6.45, 7) is 4.05. The largest absolute Gasteiger partial charge is 0.487 e. The number of halogens is 1. The van der Waals surface area contributed by atoms with Gasteiger partial charge in [0.15, 0.2) is 0 Å². The monoisotopic (exact) mass is 378 g/mol. The minimum Gasteiger partial charge on any atom is -0.487 e. The van der Waals surface area contributed by atoms with Crippen molar-refractivity contribution in [3.8, 4) is 5.75 Å². The molecule has 134 valence electrons. The molecule has 0 bridgehead atoms. The zero-order valence-electron chi connectivity index (χ0n) is 14.5. The number of fused-ring (bicyclic) bond motifs is 1. The zero-order valence-corrected chi connectivity index (χ0v) is 16.2. The van der Waals surface area contributed by atoms with E-state index in [1.165, 1.54) is 0 Å². The van der Waals surface area contributed by atoms with Crippen molar-refractivity contribution in [3.05, 3.63) is 53.6 Å². The van der Waals surface area contributed by atoms with Gasteiger partial charge in [-0.2, -0.15) is 0 Å². The van der Waals surface area contributed by atoms with E-state index < -0.39 is 0 Å². The molecule has 2 aromatic rings. The van der Waals surface area contributed by atoms with Crippen LogP contribution < -0.4 is 15.8 Å². The van der Waals surface area contributed by atoms with Gasteiger partial charge in [-0.3, -0.25) is 4.79 Å². The van der Waals surface area contributed by atoms with E-state index in [1.807, 2.05) is 62.6 Å². The number of ether oxygens (including phenoxy) is 1. The molecule has 1 aliphatic heterocycles. The van der Waals surface area contributed by atoms with Crippen molar-refractivity contribution in [2.75, 3.05) is 12.0 Å². The highest BCUT2D eigenvalue weighted by atomic mass is 35.5. The first-order chi connectivity index (χ1) is 11.4. The van der Waals surface area contributed by atoms with E-state index in [1.54, 1.807) is 11.8 Å². The smallest absolute Gasteiger partial charge is 0.251 e. The van der Waals surface area contributed by atoms with Crippen LogP contribution in [0.5, 0.6) is 5.75 Å². The molecule has 0 radical (unpaired) electrons. The number of carbonyl (C=O) groups is 1. The molecule has 25 heavy (non-hydrogen) atoms. The fraction of sp³-hybridized carbons (Fsp3) is 0.316. The van der Waals surface area contributed by atoms with Crippen molar-refractivity contribution in [2.45, 2.75) is 36.8 Å². The van der Waals surface area contributed by atoms with Crippen LogP contribution in [0.4, 0.5) is 5.69 Å². The first-order valence-corrected chi connectivity index (χ1v) is 9.14. The number of hydrogen-bond donors (Lipinski definition) is 2. The number of thioether (sulfide) groups is 1. The van der Waals surface area contributed by atoms with Crippen LogP contribution in [0.15, 0.2) is 47.4 Å². The standard InChI is InChI=1S/C19H22N2O2S.ClH/c1-19(2)11-16(15-10-13(20)6-9-17(15)23-19)21-18(22)12-4-7-14(24-3)8-5-12;/h4-10,16H,11,20H2,1-3H3,(H,21,22);1H. The van der Waals surface area contributed by atoms with Crippen LogP contribution >= 0.6 is 24.2 Å². The molecule has 1 atom stereocenters. The van der Waals surface area contributed by atoms with E-state index in [4.69, 9.17) is 10.5 Å². The Hall–Kier alpha value is -1.85. The predicted molar refractivity (Wildman–Crippen MR) is 106 cm³/mol. The van der Waals surface area contributed by atoms with Crippen LogP contribution in [0.25, 0.3) is 0 Å². The van der Waals surface area contributed by atoms with E-state index in [-0.39, 0.29) is 30.0 Å². The van der Waals surface area contributed by atoms with Crippen molar-refractivity contribution < 1.29 is 9.53 Å². The number of hydrogen-bond acceptors (Lipinski definition) is 4. The Morgan fingerprint density at radius 1 is 1.24 bits per heavy atom. The van der Waals surface area contributed by atoms with Crippen molar-refractivity contribution in [1.82, 2.24) is 5.32 Å². The summed E-state index contributed by atoms with van der Waals surface area (Å²) >= 11 is 1.65. The maximum Gasteiger partial charge on any atom is 0.251 e. The van der Waals surface area contributed by atoms with E-state index in [9.17, 15) is 4.79 Å². The van der Waals surface area contributed by atoms with E-state index in [2.05, 4.69) is 5.32 Å². The number of rotatable bonds is 3. The molecule has 3 rings (SSSR count). The second kappa shape index (κ2) is 7.58. The molecule has 3 N–H and O–H groups in total. The summed E-state index contributed by atoms with van der Waals surface area (Å²) < 4.78 is 6.01. The lowest BCUT2D eigenvalue weighted by Gasteiger charge is -2.38. The van der Waals surface area contributed by atoms with Gasteiger partial charge in [-0.25, -0.2) is 0 Å². The van der Waals surface area contributed by atoms with Crippen LogP contribution in [0.3, 0.4) is 0 Å². The van der Waals surface area contributed by atoms with Crippen LogP contribution in [-0.4, -0.2) is 17.8 Å².